The van der Waals surface area contributed by atoms with Crippen molar-refractivity contribution in [2.75, 3.05) is 25.6 Å². The molecule has 0 atom stereocenters. The predicted octanol–water partition coefficient (Wildman–Crippen LogP) is 1.64. The van der Waals surface area contributed by atoms with E-state index in [4.69, 9.17) is 9.47 Å². The summed E-state index contributed by atoms with van der Waals surface area (Å²) in [6, 6.07) is 0. The van der Waals surface area contributed by atoms with Gasteiger partial charge in [-0.15, -0.1) is 0 Å². The van der Waals surface area contributed by atoms with Crippen LogP contribution < -0.4 is 10.1 Å². The van der Waals surface area contributed by atoms with E-state index < -0.39 is 0 Å². The van der Waals surface area contributed by atoms with Crippen molar-refractivity contribution in [3.63, 3.8) is 0 Å². The number of hydrogen-bond acceptors (Lipinski definition) is 5. The van der Waals surface area contributed by atoms with Gasteiger partial charge in [0.2, 0.25) is 5.88 Å². The van der Waals surface area contributed by atoms with Gasteiger partial charge in [-0.05, 0) is 6.42 Å². The topological polar surface area (TPSA) is 56.3 Å². The molecule has 0 aromatic carbocycles. The van der Waals surface area contributed by atoms with Crippen molar-refractivity contribution in [1.29, 1.82) is 0 Å². The Hall–Kier alpha value is -1.36. The minimum atomic E-state index is 0.216. The van der Waals surface area contributed by atoms with E-state index in [-0.39, 0.29) is 6.10 Å². The molecule has 2 rings (SSSR count). The predicted molar refractivity (Wildman–Crippen MR) is 65.4 cm³/mol. The van der Waals surface area contributed by atoms with Crippen molar-refractivity contribution >= 4 is 5.82 Å². The van der Waals surface area contributed by atoms with E-state index in [1.165, 1.54) is 0 Å². The molecule has 1 aliphatic heterocycles. The molecule has 1 saturated heterocycles. The molecule has 17 heavy (non-hydrogen) atoms. The smallest absolute Gasteiger partial charge is 0.222 e. The van der Waals surface area contributed by atoms with Crippen LogP contribution in [-0.4, -0.2) is 36.3 Å². The zero-order valence-corrected chi connectivity index (χ0v) is 10.4. The van der Waals surface area contributed by atoms with E-state index in [0.29, 0.717) is 5.88 Å². The Labute approximate surface area is 102 Å². The molecule has 0 radical (unpaired) electrons. The standard InChI is InChI=1S/C12H19N3O2/c1-3-10-11(13-2)14-8-15-12(10)17-9-4-6-16-7-5-9/h8-9H,3-7H2,1-2H3,(H,13,14,15). The molecule has 0 saturated carbocycles. The average Bonchev–Trinajstić information content (AvgIpc) is 2.39. The average molecular weight is 237 g/mol. The number of hydrogen-bond donors (Lipinski definition) is 1. The minimum absolute atomic E-state index is 0.216. The molecule has 0 bridgehead atoms. The van der Waals surface area contributed by atoms with Gasteiger partial charge < -0.3 is 14.8 Å². The molecule has 0 amide bonds. The lowest BCUT2D eigenvalue weighted by Gasteiger charge is -2.24. The second kappa shape index (κ2) is 5.82. The first kappa shape index (κ1) is 12.1. The summed E-state index contributed by atoms with van der Waals surface area (Å²) in [5.74, 6) is 1.56. The molecule has 0 unspecified atom stereocenters. The van der Waals surface area contributed by atoms with Crippen LogP contribution in [0.1, 0.15) is 25.3 Å². The third-order valence-electron chi connectivity index (χ3n) is 2.94. The van der Waals surface area contributed by atoms with Crippen LogP contribution in [0.25, 0.3) is 0 Å². The molecule has 94 valence electrons. The molecule has 5 nitrogen and oxygen atoms in total. The fourth-order valence-corrected chi connectivity index (χ4v) is 1.98. The maximum Gasteiger partial charge on any atom is 0.222 e. The molecule has 1 fully saturated rings. The van der Waals surface area contributed by atoms with Gasteiger partial charge in [0.05, 0.1) is 18.8 Å². The van der Waals surface area contributed by atoms with Crippen LogP contribution in [0.15, 0.2) is 6.33 Å². The Morgan fingerprint density at radius 1 is 1.41 bits per heavy atom. The van der Waals surface area contributed by atoms with Crippen LogP contribution >= 0.6 is 0 Å². The number of nitrogens with zero attached hydrogens (tertiary/aromatic N) is 2. The van der Waals surface area contributed by atoms with Crippen molar-refractivity contribution in [2.24, 2.45) is 0 Å². The van der Waals surface area contributed by atoms with E-state index in [1.807, 2.05) is 7.05 Å². The van der Waals surface area contributed by atoms with Crippen LogP contribution in [-0.2, 0) is 11.2 Å². The highest BCUT2D eigenvalue weighted by molar-refractivity contribution is 5.48. The monoisotopic (exact) mass is 237 g/mol. The van der Waals surface area contributed by atoms with Crippen molar-refractivity contribution in [3.8, 4) is 5.88 Å². The molecule has 0 aliphatic carbocycles. The van der Waals surface area contributed by atoms with Crippen LogP contribution in [0.5, 0.6) is 5.88 Å². The Morgan fingerprint density at radius 3 is 2.82 bits per heavy atom. The van der Waals surface area contributed by atoms with Gasteiger partial charge >= 0.3 is 0 Å². The first-order valence-corrected chi connectivity index (χ1v) is 6.11. The van der Waals surface area contributed by atoms with Gasteiger partial charge in [0.15, 0.2) is 0 Å². The number of aromatic nitrogens is 2. The largest absolute Gasteiger partial charge is 0.474 e. The van der Waals surface area contributed by atoms with E-state index in [0.717, 1.165) is 43.9 Å². The fraction of sp³-hybridized carbons (Fsp3) is 0.667. The Bertz CT molecular complexity index is 365. The highest BCUT2D eigenvalue weighted by Crippen LogP contribution is 2.24. The second-order valence-electron chi connectivity index (χ2n) is 4.04. The highest BCUT2D eigenvalue weighted by Gasteiger charge is 2.18. The van der Waals surface area contributed by atoms with Gasteiger partial charge in [-0.25, -0.2) is 9.97 Å². The normalized spacial score (nSPS) is 16.8. The summed E-state index contributed by atoms with van der Waals surface area (Å²) in [6.45, 7) is 3.63. The Kier molecular flexibility index (Phi) is 4.14. The molecule has 2 heterocycles. The summed E-state index contributed by atoms with van der Waals surface area (Å²) in [4.78, 5) is 8.43. The van der Waals surface area contributed by atoms with Crippen molar-refractivity contribution in [3.05, 3.63) is 11.9 Å². The Balaban J connectivity index is 2.13. The third-order valence-corrected chi connectivity index (χ3v) is 2.94. The summed E-state index contributed by atoms with van der Waals surface area (Å²) >= 11 is 0. The highest BCUT2D eigenvalue weighted by atomic mass is 16.5. The minimum Gasteiger partial charge on any atom is -0.474 e. The SMILES string of the molecule is CCc1c(NC)ncnc1OC1CCOCC1. The maximum atomic E-state index is 5.95. The lowest BCUT2D eigenvalue weighted by atomic mass is 10.1. The van der Waals surface area contributed by atoms with Gasteiger partial charge in [0, 0.05) is 19.9 Å². The summed E-state index contributed by atoms with van der Waals surface area (Å²) in [6.07, 6.45) is 4.48. The molecular formula is C12H19N3O2. The van der Waals surface area contributed by atoms with E-state index >= 15 is 0 Å². The summed E-state index contributed by atoms with van der Waals surface area (Å²) in [5.41, 5.74) is 1.04. The Morgan fingerprint density at radius 2 is 2.18 bits per heavy atom. The van der Waals surface area contributed by atoms with Gasteiger partial charge in [0.25, 0.3) is 0 Å². The lowest BCUT2D eigenvalue weighted by molar-refractivity contribution is 0.0233. The fourth-order valence-electron chi connectivity index (χ4n) is 1.98. The van der Waals surface area contributed by atoms with Crippen molar-refractivity contribution in [2.45, 2.75) is 32.3 Å². The van der Waals surface area contributed by atoms with Crippen LogP contribution in [0, 0.1) is 0 Å². The third kappa shape index (κ3) is 2.85. The van der Waals surface area contributed by atoms with E-state index in [2.05, 4.69) is 22.2 Å². The number of anilines is 1. The van der Waals surface area contributed by atoms with Crippen molar-refractivity contribution < 1.29 is 9.47 Å². The molecule has 1 aromatic heterocycles. The molecular weight excluding hydrogens is 218 g/mol. The number of nitrogens with one attached hydrogen (secondary N) is 1. The van der Waals surface area contributed by atoms with Crippen molar-refractivity contribution in [1.82, 2.24) is 9.97 Å². The molecule has 0 spiro atoms. The summed E-state index contributed by atoms with van der Waals surface area (Å²) in [5, 5.41) is 3.07. The number of rotatable bonds is 4. The zero-order valence-electron chi connectivity index (χ0n) is 10.4. The maximum absolute atomic E-state index is 5.95. The molecule has 1 aromatic rings. The van der Waals surface area contributed by atoms with Gasteiger partial charge in [-0.2, -0.15) is 0 Å². The summed E-state index contributed by atoms with van der Waals surface area (Å²) in [7, 11) is 1.86. The summed E-state index contributed by atoms with van der Waals surface area (Å²) < 4.78 is 11.3. The molecule has 1 N–H and O–H groups in total. The van der Waals surface area contributed by atoms with Crippen LogP contribution in [0.4, 0.5) is 5.82 Å². The van der Waals surface area contributed by atoms with Gasteiger partial charge in [0.1, 0.15) is 18.2 Å². The zero-order chi connectivity index (χ0) is 12.1. The van der Waals surface area contributed by atoms with Crippen LogP contribution in [0.2, 0.25) is 0 Å². The van der Waals surface area contributed by atoms with E-state index in [1.54, 1.807) is 6.33 Å². The first-order chi connectivity index (χ1) is 8.35. The molecule has 5 heteroatoms. The second-order valence-corrected chi connectivity index (χ2v) is 4.04. The molecule has 1 aliphatic rings. The first-order valence-electron chi connectivity index (χ1n) is 6.11. The van der Waals surface area contributed by atoms with E-state index in [9.17, 15) is 0 Å². The van der Waals surface area contributed by atoms with Crippen LogP contribution in [0.3, 0.4) is 0 Å². The van der Waals surface area contributed by atoms with Gasteiger partial charge in [-0.1, -0.05) is 6.92 Å². The number of ether oxygens (including phenoxy) is 2. The quantitative estimate of drug-likeness (QED) is 0.862. The van der Waals surface area contributed by atoms with Gasteiger partial charge in [-0.3, -0.25) is 0 Å². The lowest BCUT2D eigenvalue weighted by Crippen LogP contribution is -2.26.